The van der Waals surface area contributed by atoms with Crippen LogP contribution < -0.4 is 11.1 Å². The quantitative estimate of drug-likeness (QED) is 0.827. The van der Waals surface area contributed by atoms with Gasteiger partial charge in [-0.15, -0.1) is 0 Å². The lowest BCUT2D eigenvalue weighted by Crippen LogP contribution is -2.36. The number of nitrogens with one attached hydrogen (secondary N) is 1. The predicted molar refractivity (Wildman–Crippen MR) is 90.8 cm³/mol. The SMILES string of the molecule is CCc1nc2c(N)ncnc2n1[C@@H]1O[C@H](CNC)C2OC(C)(C)O[C@@H]21. The molecule has 0 spiro atoms. The van der Waals surface area contributed by atoms with Gasteiger partial charge in [-0.1, -0.05) is 6.92 Å². The van der Waals surface area contributed by atoms with Gasteiger partial charge >= 0.3 is 0 Å². The van der Waals surface area contributed by atoms with Crippen LogP contribution in [0.5, 0.6) is 0 Å². The highest BCUT2D eigenvalue weighted by atomic mass is 16.8. The minimum absolute atomic E-state index is 0.122. The first-order valence-corrected chi connectivity index (χ1v) is 8.58. The Labute approximate surface area is 145 Å². The molecule has 4 heterocycles. The Kier molecular flexibility index (Phi) is 3.91. The van der Waals surface area contributed by atoms with Gasteiger partial charge in [-0.25, -0.2) is 15.0 Å². The van der Waals surface area contributed by atoms with Gasteiger partial charge in [0.2, 0.25) is 0 Å². The number of nitrogens with zero attached hydrogens (tertiary/aromatic N) is 4. The first-order chi connectivity index (χ1) is 11.9. The van der Waals surface area contributed by atoms with Crippen molar-refractivity contribution in [2.75, 3.05) is 19.3 Å². The van der Waals surface area contributed by atoms with Crippen LogP contribution >= 0.6 is 0 Å². The fourth-order valence-electron chi connectivity index (χ4n) is 3.72. The standard InChI is InChI=1S/C16H24N6O3/c1-5-9-21-10-13(17)19-7-20-14(10)22(9)15-12-11(8(23-15)6-18-4)24-16(2,3)25-12/h7-8,11-12,15,18H,5-6H2,1-4H3,(H2,17,19,20)/t8-,11?,12+,15-/m1/s1. The molecule has 0 aromatic carbocycles. The molecule has 9 heteroatoms. The zero-order valence-corrected chi connectivity index (χ0v) is 14.9. The molecule has 2 aliphatic heterocycles. The van der Waals surface area contributed by atoms with Crippen molar-refractivity contribution >= 4 is 17.0 Å². The molecule has 2 aliphatic rings. The maximum Gasteiger partial charge on any atom is 0.167 e. The molecule has 2 fully saturated rings. The summed E-state index contributed by atoms with van der Waals surface area (Å²) in [5.41, 5.74) is 7.23. The number of rotatable bonds is 4. The number of ether oxygens (including phenoxy) is 3. The number of fused-ring (bicyclic) bond motifs is 2. The second-order valence-electron chi connectivity index (χ2n) is 6.87. The van der Waals surface area contributed by atoms with Gasteiger partial charge in [0, 0.05) is 13.0 Å². The summed E-state index contributed by atoms with van der Waals surface area (Å²) >= 11 is 0. The van der Waals surface area contributed by atoms with E-state index in [2.05, 4.69) is 20.3 Å². The van der Waals surface area contributed by atoms with Gasteiger partial charge in [-0.2, -0.15) is 0 Å². The number of anilines is 1. The third kappa shape index (κ3) is 2.58. The van der Waals surface area contributed by atoms with Gasteiger partial charge < -0.3 is 25.3 Å². The van der Waals surface area contributed by atoms with Crippen molar-refractivity contribution in [2.45, 2.75) is 57.5 Å². The summed E-state index contributed by atoms with van der Waals surface area (Å²) in [6, 6.07) is 0. The number of aromatic nitrogens is 4. The van der Waals surface area contributed by atoms with Crippen LogP contribution in [0.25, 0.3) is 11.2 Å². The van der Waals surface area contributed by atoms with Crippen molar-refractivity contribution in [1.29, 1.82) is 0 Å². The van der Waals surface area contributed by atoms with E-state index in [1.54, 1.807) is 0 Å². The molecule has 0 saturated carbocycles. The number of imidazole rings is 1. The second kappa shape index (κ2) is 5.87. The molecule has 0 radical (unpaired) electrons. The highest BCUT2D eigenvalue weighted by Crippen LogP contribution is 2.44. The molecule has 2 saturated heterocycles. The van der Waals surface area contributed by atoms with E-state index in [1.165, 1.54) is 6.33 Å². The van der Waals surface area contributed by atoms with Gasteiger partial charge in [0.1, 0.15) is 30.5 Å². The van der Waals surface area contributed by atoms with Crippen LogP contribution in [0.1, 0.15) is 32.8 Å². The molecule has 0 amide bonds. The van der Waals surface area contributed by atoms with Crippen LogP contribution in [-0.4, -0.2) is 57.2 Å². The molecule has 4 atom stereocenters. The fourth-order valence-corrected chi connectivity index (χ4v) is 3.72. The lowest BCUT2D eigenvalue weighted by atomic mass is 10.1. The largest absolute Gasteiger partial charge is 0.382 e. The average Bonchev–Trinajstić information content (AvgIpc) is 3.18. The summed E-state index contributed by atoms with van der Waals surface area (Å²) in [4.78, 5) is 13.1. The van der Waals surface area contributed by atoms with Crippen molar-refractivity contribution in [3.8, 4) is 0 Å². The number of aryl methyl sites for hydroxylation is 1. The Hall–Kier alpha value is -1.81. The first-order valence-electron chi connectivity index (χ1n) is 8.58. The summed E-state index contributed by atoms with van der Waals surface area (Å²) in [5, 5.41) is 3.16. The zero-order valence-electron chi connectivity index (χ0n) is 14.9. The number of nitrogens with two attached hydrogens (primary N) is 1. The Morgan fingerprint density at radius 3 is 2.76 bits per heavy atom. The number of hydrogen-bond donors (Lipinski definition) is 2. The van der Waals surface area contributed by atoms with E-state index >= 15 is 0 Å². The van der Waals surface area contributed by atoms with Crippen LogP contribution in [0, 0.1) is 0 Å². The van der Waals surface area contributed by atoms with Gasteiger partial charge in [0.15, 0.2) is 29.0 Å². The van der Waals surface area contributed by atoms with Crippen LogP contribution in [0.2, 0.25) is 0 Å². The van der Waals surface area contributed by atoms with E-state index in [0.29, 0.717) is 29.9 Å². The molecule has 1 unspecified atom stereocenters. The molecular weight excluding hydrogens is 324 g/mol. The monoisotopic (exact) mass is 348 g/mol. The molecule has 0 bridgehead atoms. The summed E-state index contributed by atoms with van der Waals surface area (Å²) in [6.45, 7) is 6.55. The van der Waals surface area contributed by atoms with Crippen LogP contribution in [0.15, 0.2) is 6.33 Å². The number of nitrogen functional groups attached to an aromatic ring is 1. The van der Waals surface area contributed by atoms with Crippen LogP contribution in [0.3, 0.4) is 0 Å². The molecule has 4 rings (SSSR count). The first kappa shape index (κ1) is 16.6. The highest BCUT2D eigenvalue weighted by molar-refractivity contribution is 5.81. The van der Waals surface area contributed by atoms with Gasteiger partial charge in [-0.3, -0.25) is 4.57 Å². The van der Waals surface area contributed by atoms with E-state index in [-0.39, 0.29) is 24.5 Å². The summed E-state index contributed by atoms with van der Waals surface area (Å²) in [5.74, 6) is 0.549. The van der Waals surface area contributed by atoms with Crippen LogP contribution in [-0.2, 0) is 20.6 Å². The van der Waals surface area contributed by atoms with E-state index in [1.807, 2.05) is 32.4 Å². The molecular formula is C16H24N6O3. The zero-order chi connectivity index (χ0) is 17.8. The van der Waals surface area contributed by atoms with Gasteiger partial charge in [0.25, 0.3) is 0 Å². The molecule has 0 aliphatic carbocycles. The lowest BCUT2D eigenvalue weighted by molar-refractivity contribution is -0.195. The smallest absolute Gasteiger partial charge is 0.167 e. The third-order valence-corrected chi connectivity index (χ3v) is 4.68. The number of hydrogen-bond acceptors (Lipinski definition) is 8. The maximum atomic E-state index is 6.31. The topological polar surface area (TPSA) is 109 Å². The molecule has 2 aromatic heterocycles. The third-order valence-electron chi connectivity index (χ3n) is 4.68. The van der Waals surface area contributed by atoms with E-state index in [0.717, 1.165) is 5.82 Å². The van der Waals surface area contributed by atoms with Crippen molar-refractivity contribution in [3.05, 3.63) is 12.2 Å². The molecule has 2 aromatic rings. The van der Waals surface area contributed by atoms with Crippen molar-refractivity contribution < 1.29 is 14.2 Å². The van der Waals surface area contributed by atoms with Gasteiger partial charge in [0.05, 0.1) is 0 Å². The summed E-state index contributed by atoms with van der Waals surface area (Å²) in [6.07, 6.45) is 1.26. The van der Waals surface area contributed by atoms with Gasteiger partial charge in [-0.05, 0) is 20.9 Å². The summed E-state index contributed by atoms with van der Waals surface area (Å²) < 4.78 is 20.5. The Bertz CT molecular complexity index is 792. The molecule has 9 nitrogen and oxygen atoms in total. The molecule has 136 valence electrons. The van der Waals surface area contributed by atoms with Crippen LogP contribution in [0.4, 0.5) is 5.82 Å². The van der Waals surface area contributed by atoms with E-state index in [9.17, 15) is 0 Å². The van der Waals surface area contributed by atoms with Crippen molar-refractivity contribution in [2.24, 2.45) is 0 Å². The molecule has 3 N–H and O–H groups in total. The Balaban J connectivity index is 1.81. The number of likely N-dealkylation sites (N-methyl/N-ethyl adjacent to an activating group) is 1. The maximum absolute atomic E-state index is 6.31. The van der Waals surface area contributed by atoms with E-state index < -0.39 is 5.79 Å². The average molecular weight is 348 g/mol. The Morgan fingerprint density at radius 1 is 1.28 bits per heavy atom. The highest BCUT2D eigenvalue weighted by Gasteiger charge is 2.56. The van der Waals surface area contributed by atoms with E-state index in [4.69, 9.17) is 19.9 Å². The predicted octanol–water partition coefficient (Wildman–Crippen LogP) is 0.608. The lowest BCUT2D eigenvalue weighted by Gasteiger charge is -2.25. The minimum atomic E-state index is -0.653. The second-order valence-corrected chi connectivity index (χ2v) is 6.87. The minimum Gasteiger partial charge on any atom is -0.382 e. The molecule has 25 heavy (non-hydrogen) atoms. The normalized spacial score (nSPS) is 30.9. The van der Waals surface area contributed by atoms with Crippen molar-refractivity contribution in [3.63, 3.8) is 0 Å². The summed E-state index contributed by atoms with van der Waals surface area (Å²) in [7, 11) is 1.89. The Morgan fingerprint density at radius 2 is 2.04 bits per heavy atom. The fraction of sp³-hybridized carbons (Fsp3) is 0.688. The van der Waals surface area contributed by atoms with Crippen molar-refractivity contribution in [1.82, 2.24) is 24.8 Å².